The van der Waals surface area contributed by atoms with Crippen LogP contribution in [0, 0.1) is 10.1 Å². The van der Waals surface area contributed by atoms with Crippen molar-refractivity contribution in [1.29, 1.82) is 0 Å². The predicted molar refractivity (Wildman–Crippen MR) is 63.5 cm³/mol. The number of rotatable bonds is 3. The van der Waals surface area contributed by atoms with E-state index in [2.05, 4.69) is 4.98 Å². The molecule has 0 aliphatic heterocycles. The number of nitrogens with zero attached hydrogens (tertiary/aromatic N) is 2. The smallest absolute Gasteiger partial charge is 0.269 e. The average Bonchev–Trinajstić information content (AvgIpc) is 2.39. The fourth-order valence-electron chi connectivity index (χ4n) is 1.42. The SMILES string of the molecule is O=[N+]([O-])c1ccc(-c2cccc(S(=O)[O-])n2)cc1. The summed E-state index contributed by atoms with van der Waals surface area (Å²) in [5, 5.41) is 10.4. The second-order valence-corrected chi connectivity index (χ2v) is 4.29. The third-order valence-electron chi connectivity index (χ3n) is 2.27. The maximum atomic E-state index is 10.8. The highest BCUT2D eigenvalue weighted by Gasteiger charge is 2.06. The maximum Gasteiger partial charge on any atom is 0.269 e. The van der Waals surface area contributed by atoms with Crippen molar-refractivity contribution in [2.45, 2.75) is 5.03 Å². The van der Waals surface area contributed by atoms with Crippen molar-refractivity contribution in [2.24, 2.45) is 0 Å². The lowest BCUT2D eigenvalue weighted by molar-refractivity contribution is -0.384. The molecular weight excluding hydrogens is 256 g/mol. The molecule has 92 valence electrons. The second-order valence-electron chi connectivity index (χ2n) is 3.40. The summed E-state index contributed by atoms with van der Waals surface area (Å²) in [6.45, 7) is 0. The Hall–Kier alpha value is -2.12. The predicted octanol–water partition coefficient (Wildman–Crippen LogP) is 1.89. The van der Waals surface area contributed by atoms with Gasteiger partial charge in [0.2, 0.25) is 0 Å². The second kappa shape index (κ2) is 5.03. The van der Waals surface area contributed by atoms with Gasteiger partial charge in [0.1, 0.15) is 5.03 Å². The molecule has 2 aromatic rings. The van der Waals surface area contributed by atoms with Gasteiger partial charge in [-0.05, 0) is 35.3 Å². The molecule has 6 nitrogen and oxygen atoms in total. The van der Waals surface area contributed by atoms with Crippen LogP contribution in [0.15, 0.2) is 47.5 Å². The van der Waals surface area contributed by atoms with Crippen LogP contribution < -0.4 is 0 Å². The zero-order valence-corrected chi connectivity index (χ0v) is 9.79. The summed E-state index contributed by atoms with van der Waals surface area (Å²) in [5.74, 6) is 0. The molecule has 0 spiro atoms. The summed E-state index contributed by atoms with van der Waals surface area (Å²) in [5.41, 5.74) is 1.04. The van der Waals surface area contributed by atoms with Crippen molar-refractivity contribution in [3.63, 3.8) is 0 Å². The molecule has 1 heterocycles. The zero-order valence-electron chi connectivity index (χ0n) is 8.98. The number of hydrogen-bond donors (Lipinski definition) is 0. The number of hydrogen-bond acceptors (Lipinski definition) is 5. The number of nitro groups is 1. The van der Waals surface area contributed by atoms with Gasteiger partial charge in [0, 0.05) is 17.7 Å². The standard InChI is InChI=1S/C11H8N2O4S/c14-13(15)9-6-4-8(5-7-9)10-2-1-3-11(12-10)18(16)17/h1-7H,(H,16,17)/p-1. The molecular formula is C11H7N2O4S-. The molecule has 0 fully saturated rings. The van der Waals surface area contributed by atoms with Crippen molar-refractivity contribution >= 4 is 16.8 Å². The van der Waals surface area contributed by atoms with Gasteiger partial charge in [0.25, 0.3) is 5.69 Å². The van der Waals surface area contributed by atoms with E-state index in [1.54, 1.807) is 12.1 Å². The van der Waals surface area contributed by atoms with Crippen LogP contribution in [0.1, 0.15) is 0 Å². The highest BCUT2D eigenvalue weighted by molar-refractivity contribution is 7.79. The fourth-order valence-corrected chi connectivity index (χ4v) is 1.78. The van der Waals surface area contributed by atoms with Gasteiger partial charge in [-0.1, -0.05) is 6.07 Å². The van der Waals surface area contributed by atoms with E-state index in [4.69, 9.17) is 0 Å². The number of aromatic nitrogens is 1. The average molecular weight is 263 g/mol. The highest BCUT2D eigenvalue weighted by atomic mass is 32.2. The number of non-ortho nitro benzene ring substituents is 1. The zero-order chi connectivity index (χ0) is 13.1. The number of pyridine rings is 1. The van der Waals surface area contributed by atoms with E-state index >= 15 is 0 Å². The van der Waals surface area contributed by atoms with Gasteiger partial charge < -0.3 is 4.55 Å². The van der Waals surface area contributed by atoms with Gasteiger partial charge in [-0.3, -0.25) is 14.3 Å². The molecule has 0 aliphatic carbocycles. The molecule has 7 heteroatoms. The molecule has 0 saturated heterocycles. The van der Waals surface area contributed by atoms with Crippen LogP contribution in [0.4, 0.5) is 5.69 Å². The summed E-state index contributed by atoms with van der Waals surface area (Å²) in [4.78, 5) is 13.9. The van der Waals surface area contributed by atoms with Crippen molar-refractivity contribution < 1.29 is 13.7 Å². The molecule has 1 aromatic heterocycles. The lowest BCUT2D eigenvalue weighted by atomic mass is 10.1. The first-order valence-electron chi connectivity index (χ1n) is 4.89. The first-order valence-corrected chi connectivity index (χ1v) is 5.96. The molecule has 0 radical (unpaired) electrons. The van der Waals surface area contributed by atoms with Gasteiger partial charge in [-0.2, -0.15) is 0 Å². The van der Waals surface area contributed by atoms with Crippen LogP contribution in [0.3, 0.4) is 0 Å². The van der Waals surface area contributed by atoms with Gasteiger partial charge in [-0.25, -0.2) is 4.98 Å². The van der Waals surface area contributed by atoms with Crippen LogP contribution in [-0.4, -0.2) is 18.7 Å². The van der Waals surface area contributed by atoms with E-state index in [0.29, 0.717) is 11.3 Å². The quantitative estimate of drug-likeness (QED) is 0.478. The molecule has 1 atom stereocenters. The van der Waals surface area contributed by atoms with E-state index in [9.17, 15) is 18.9 Å². The molecule has 0 bridgehead atoms. The van der Waals surface area contributed by atoms with Crippen molar-refractivity contribution in [1.82, 2.24) is 4.98 Å². The Morgan fingerprint density at radius 3 is 2.33 bits per heavy atom. The summed E-state index contributed by atoms with van der Waals surface area (Å²) in [6.07, 6.45) is 0. The van der Waals surface area contributed by atoms with Crippen LogP contribution >= 0.6 is 0 Å². The van der Waals surface area contributed by atoms with Crippen molar-refractivity contribution in [3.05, 3.63) is 52.6 Å². The fraction of sp³-hybridized carbons (Fsp3) is 0. The van der Waals surface area contributed by atoms with E-state index in [0.717, 1.165) is 0 Å². The Labute approximate surface area is 105 Å². The minimum atomic E-state index is -2.39. The molecule has 0 amide bonds. The molecule has 0 saturated carbocycles. The molecule has 1 aromatic carbocycles. The minimum Gasteiger partial charge on any atom is -0.767 e. The largest absolute Gasteiger partial charge is 0.767 e. The van der Waals surface area contributed by atoms with E-state index in [-0.39, 0.29) is 10.7 Å². The summed E-state index contributed by atoms with van der Waals surface area (Å²) >= 11 is -2.39. The number of nitro benzene ring substituents is 1. The van der Waals surface area contributed by atoms with Crippen LogP contribution in [0.5, 0.6) is 0 Å². The van der Waals surface area contributed by atoms with Crippen LogP contribution in [0.2, 0.25) is 0 Å². The van der Waals surface area contributed by atoms with Crippen molar-refractivity contribution in [3.8, 4) is 11.3 Å². The van der Waals surface area contributed by atoms with Crippen LogP contribution in [-0.2, 0) is 11.1 Å². The third-order valence-corrected chi connectivity index (χ3v) is 2.84. The first kappa shape index (κ1) is 12.3. The van der Waals surface area contributed by atoms with Gasteiger partial charge in [0.05, 0.1) is 10.6 Å². The Morgan fingerprint density at radius 1 is 1.11 bits per heavy atom. The normalized spacial score (nSPS) is 12.1. The Balaban J connectivity index is 2.39. The highest BCUT2D eigenvalue weighted by Crippen LogP contribution is 2.21. The topological polar surface area (TPSA) is 96.2 Å². The summed E-state index contributed by atoms with van der Waals surface area (Å²) in [7, 11) is 0. The van der Waals surface area contributed by atoms with Crippen LogP contribution in [0.25, 0.3) is 11.3 Å². The monoisotopic (exact) mass is 263 g/mol. The molecule has 1 unspecified atom stereocenters. The lowest BCUT2D eigenvalue weighted by Crippen LogP contribution is -1.94. The summed E-state index contributed by atoms with van der Waals surface area (Å²) < 4.78 is 21.6. The Bertz CT molecular complexity index is 613. The number of benzene rings is 1. The summed E-state index contributed by atoms with van der Waals surface area (Å²) in [6, 6.07) is 10.3. The van der Waals surface area contributed by atoms with E-state index in [1.807, 2.05) is 0 Å². The van der Waals surface area contributed by atoms with Gasteiger partial charge in [-0.15, -0.1) is 0 Å². The van der Waals surface area contributed by atoms with Crippen molar-refractivity contribution in [2.75, 3.05) is 0 Å². The molecule has 0 N–H and O–H groups in total. The van der Waals surface area contributed by atoms with E-state index < -0.39 is 16.0 Å². The first-order chi connectivity index (χ1) is 8.58. The molecule has 18 heavy (non-hydrogen) atoms. The van der Waals surface area contributed by atoms with E-state index in [1.165, 1.54) is 30.3 Å². The molecule has 0 aliphatic rings. The Kier molecular flexibility index (Phi) is 3.45. The van der Waals surface area contributed by atoms with Gasteiger partial charge in [0.15, 0.2) is 0 Å². The third kappa shape index (κ3) is 2.58. The Morgan fingerprint density at radius 2 is 1.78 bits per heavy atom. The molecule has 2 rings (SSSR count). The lowest BCUT2D eigenvalue weighted by Gasteiger charge is -2.06. The maximum absolute atomic E-state index is 10.8. The van der Waals surface area contributed by atoms with Gasteiger partial charge >= 0.3 is 0 Å². The minimum absolute atomic E-state index is 0.0256.